The molecule has 0 saturated heterocycles. The first-order chi connectivity index (χ1) is 11.7. The average Bonchev–Trinajstić information content (AvgIpc) is 3.12. The van der Waals surface area contributed by atoms with Crippen molar-refractivity contribution in [1.29, 1.82) is 0 Å². The van der Waals surface area contributed by atoms with Crippen LogP contribution in [0.15, 0.2) is 53.1 Å². The largest absolute Gasteiger partial charge is 0.497 e. The fourth-order valence-corrected chi connectivity index (χ4v) is 2.21. The maximum absolute atomic E-state index is 5.78. The van der Waals surface area contributed by atoms with Crippen molar-refractivity contribution in [2.75, 3.05) is 7.11 Å². The van der Waals surface area contributed by atoms with Crippen LogP contribution in [0.3, 0.4) is 0 Å². The average molecular weight is 324 g/mol. The van der Waals surface area contributed by atoms with Crippen LogP contribution in [0.2, 0.25) is 0 Å². The Bertz CT molecular complexity index is 796. The van der Waals surface area contributed by atoms with Crippen LogP contribution in [0, 0.1) is 0 Å². The van der Waals surface area contributed by atoms with Gasteiger partial charge in [0.2, 0.25) is 5.82 Å². The van der Waals surface area contributed by atoms with Gasteiger partial charge in [0, 0.05) is 11.1 Å². The molecule has 0 amide bonds. The number of benzene rings is 2. The molecule has 5 heteroatoms. The highest BCUT2D eigenvalue weighted by molar-refractivity contribution is 5.61. The quantitative estimate of drug-likeness (QED) is 0.664. The van der Waals surface area contributed by atoms with Crippen LogP contribution in [0.25, 0.3) is 22.8 Å². The number of ether oxygens (including phenoxy) is 2. The summed E-state index contributed by atoms with van der Waals surface area (Å²) in [5.74, 6) is 2.59. The highest BCUT2D eigenvalue weighted by Gasteiger charge is 2.11. The van der Waals surface area contributed by atoms with E-state index in [1.165, 1.54) is 0 Å². The Morgan fingerprint density at radius 1 is 1.04 bits per heavy atom. The lowest BCUT2D eigenvalue weighted by Gasteiger charge is -2.12. The molecule has 0 radical (unpaired) electrons. The lowest BCUT2D eigenvalue weighted by atomic mass is 10.2. The SMILES string of the molecule is CC[C@@H](C)Oc1ccc(-c2noc(-c3cccc(OC)c3)n2)cc1. The minimum absolute atomic E-state index is 0.195. The van der Waals surface area contributed by atoms with Crippen molar-refractivity contribution in [1.82, 2.24) is 10.1 Å². The molecule has 0 aliphatic carbocycles. The van der Waals surface area contributed by atoms with Crippen LogP contribution in [-0.4, -0.2) is 23.4 Å². The molecule has 5 nitrogen and oxygen atoms in total. The molecule has 1 aromatic heterocycles. The topological polar surface area (TPSA) is 57.4 Å². The van der Waals surface area contributed by atoms with E-state index in [1.54, 1.807) is 7.11 Å². The highest BCUT2D eigenvalue weighted by Crippen LogP contribution is 2.26. The molecule has 0 aliphatic heterocycles. The van der Waals surface area contributed by atoms with Crippen LogP contribution >= 0.6 is 0 Å². The molecule has 0 saturated carbocycles. The maximum atomic E-state index is 5.78. The van der Waals surface area contributed by atoms with Crippen molar-refractivity contribution in [3.05, 3.63) is 48.5 Å². The van der Waals surface area contributed by atoms with Crippen LogP contribution in [0.1, 0.15) is 20.3 Å². The summed E-state index contributed by atoms with van der Waals surface area (Å²) < 4.78 is 16.4. The predicted molar refractivity (Wildman–Crippen MR) is 92.1 cm³/mol. The minimum atomic E-state index is 0.195. The molecule has 0 aliphatic rings. The molecular weight excluding hydrogens is 304 g/mol. The second kappa shape index (κ2) is 7.17. The standard InChI is InChI=1S/C19H20N2O3/c1-4-13(2)23-16-10-8-14(9-11-16)18-20-19(24-21-18)15-6-5-7-17(12-15)22-3/h5-13H,4H2,1-3H3/t13-/m1/s1. The summed E-state index contributed by atoms with van der Waals surface area (Å²) in [5, 5.41) is 4.06. The van der Waals surface area contributed by atoms with Gasteiger partial charge in [-0.1, -0.05) is 18.1 Å². The molecule has 0 unspecified atom stereocenters. The molecule has 0 spiro atoms. The number of hydrogen-bond acceptors (Lipinski definition) is 5. The van der Waals surface area contributed by atoms with Crippen molar-refractivity contribution in [2.45, 2.75) is 26.4 Å². The van der Waals surface area contributed by atoms with Gasteiger partial charge in [0.1, 0.15) is 11.5 Å². The molecule has 3 rings (SSSR count). The fourth-order valence-electron chi connectivity index (χ4n) is 2.21. The van der Waals surface area contributed by atoms with E-state index in [2.05, 4.69) is 17.1 Å². The van der Waals surface area contributed by atoms with Crippen molar-refractivity contribution < 1.29 is 14.0 Å². The molecule has 24 heavy (non-hydrogen) atoms. The second-order valence-corrected chi connectivity index (χ2v) is 5.52. The van der Waals surface area contributed by atoms with E-state index in [0.717, 1.165) is 29.0 Å². The van der Waals surface area contributed by atoms with E-state index < -0.39 is 0 Å². The Hall–Kier alpha value is -2.82. The number of aromatic nitrogens is 2. The zero-order chi connectivity index (χ0) is 16.9. The van der Waals surface area contributed by atoms with E-state index in [-0.39, 0.29) is 6.10 Å². The Morgan fingerprint density at radius 2 is 1.83 bits per heavy atom. The molecule has 0 N–H and O–H groups in total. The summed E-state index contributed by atoms with van der Waals surface area (Å²) in [6, 6.07) is 15.2. The Kier molecular flexibility index (Phi) is 4.79. The monoisotopic (exact) mass is 324 g/mol. The van der Waals surface area contributed by atoms with Crippen LogP contribution < -0.4 is 9.47 Å². The van der Waals surface area contributed by atoms with Gasteiger partial charge in [-0.25, -0.2) is 0 Å². The maximum Gasteiger partial charge on any atom is 0.258 e. The number of methoxy groups -OCH3 is 1. The Balaban J connectivity index is 1.80. The van der Waals surface area contributed by atoms with E-state index in [0.29, 0.717) is 11.7 Å². The van der Waals surface area contributed by atoms with Crippen LogP contribution in [0.4, 0.5) is 0 Å². The second-order valence-electron chi connectivity index (χ2n) is 5.52. The van der Waals surface area contributed by atoms with Gasteiger partial charge in [-0.15, -0.1) is 0 Å². The summed E-state index contributed by atoms with van der Waals surface area (Å²) >= 11 is 0. The van der Waals surface area contributed by atoms with E-state index >= 15 is 0 Å². The van der Waals surface area contributed by atoms with Crippen LogP contribution in [0.5, 0.6) is 11.5 Å². The highest BCUT2D eigenvalue weighted by atomic mass is 16.5. The lowest BCUT2D eigenvalue weighted by molar-refractivity contribution is 0.217. The fraction of sp³-hybridized carbons (Fsp3) is 0.263. The summed E-state index contributed by atoms with van der Waals surface area (Å²) in [6.07, 6.45) is 1.16. The molecule has 3 aromatic rings. The van der Waals surface area contributed by atoms with Gasteiger partial charge in [-0.05, 0) is 55.8 Å². The third-order valence-electron chi connectivity index (χ3n) is 3.77. The first kappa shape index (κ1) is 16.1. The van der Waals surface area contributed by atoms with Gasteiger partial charge in [0.25, 0.3) is 5.89 Å². The first-order valence-electron chi connectivity index (χ1n) is 7.95. The van der Waals surface area contributed by atoms with E-state index in [4.69, 9.17) is 14.0 Å². The predicted octanol–water partition coefficient (Wildman–Crippen LogP) is 4.59. The number of rotatable bonds is 6. The smallest absolute Gasteiger partial charge is 0.258 e. The van der Waals surface area contributed by atoms with E-state index in [1.807, 2.05) is 55.5 Å². The molecule has 124 valence electrons. The van der Waals surface area contributed by atoms with Gasteiger partial charge in [0.05, 0.1) is 13.2 Å². The zero-order valence-corrected chi connectivity index (χ0v) is 14.0. The van der Waals surface area contributed by atoms with Gasteiger partial charge in [-0.2, -0.15) is 4.98 Å². The van der Waals surface area contributed by atoms with Crippen LogP contribution in [-0.2, 0) is 0 Å². The summed E-state index contributed by atoms with van der Waals surface area (Å²) in [4.78, 5) is 4.46. The number of hydrogen-bond donors (Lipinski definition) is 0. The molecule has 1 atom stereocenters. The van der Waals surface area contributed by atoms with Crippen molar-refractivity contribution in [2.24, 2.45) is 0 Å². The van der Waals surface area contributed by atoms with E-state index in [9.17, 15) is 0 Å². The molecular formula is C19H20N2O3. The third-order valence-corrected chi connectivity index (χ3v) is 3.77. The molecule has 1 heterocycles. The van der Waals surface area contributed by atoms with Crippen molar-refractivity contribution in [3.63, 3.8) is 0 Å². The zero-order valence-electron chi connectivity index (χ0n) is 14.0. The molecule has 2 aromatic carbocycles. The summed E-state index contributed by atoms with van der Waals surface area (Å²) in [7, 11) is 1.63. The third kappa shape index (κ3) is 3.56. The van der Waals surface area contributed by atoms with Gasteiger partial charge >= 0.3 is 0 Å². The summed E-state index contributed by atoms with van der Waals surface area (Å²) in [6.45, 7) is 4.14. The van der Waals surface area contributed by atoms with Crippen molar-refractivity contribution >= 4 is 0 Å². The van der Waals surface area contributed by atoms with Gasteiger partial charge in [-0.3, -0.25) is 0 Å². The first-order valence-corrected chi connectivity index (χ1v) is 7.95. The Labute approximate surface area is 141 Å². The lowest BCUT2D eigenvalue weighted by Crippen LogP contribution is -2.09. The van der Waals surface area contributed by atoms with Gasteiger partial charge in [0.15, 0.2) is 0 Å². The van der Waals surface area contributed by atoms with Crippen molar-refractivity contribution in [3.8, 4) is 34.3 Å². The Morgan fingerprint density at radius 3 is 2.54 bits per heavy atom. The molecule has 0 fully saturated rings. The summed E-state index contributed by atoms with van der Waals surface area (Å²) in [5.41, 5.74) is 1.70. The normalized spacial score (nSPS) is 12.0. The number of nitrogens with zero attached hydrogens (tertiary/aromatic N) is 2. The van der Waals surface area contributed by atoms with Gasteiger partial charge < -0.3 is 14.0 Å². The molecule has 0 bridgehead atoms. The minimum Gasteiger partial charge on any atom is -0.497 e.